The van der Waals surface area contributed by atoms with Gasteiger partial charge in [-0.25, -0.2) is 13.1 Å². The van der Waals surface area contributed by atoms with Crippen LogP contribution in [0.5, 0.6) is 0 Å². The van der Waals surface area contributed by atoms with Crippen molar-refractivity contribution in [1.82, 2.24) is 14.9 Å². The number of nitrogens with zero attached hydrogens (tertiary/aromatic N) is 2. The molecule has 2 rings (SSSR count). The third-order valence-electron chi connectivity index (χ3n) is 4.17. The molecule has 134 valence electrons. The maximum absolute atomic E-state index is 12.1. The molecule has 2 aliphatic rings. The molecule has 2 fully saturated rings. The van der Waals surface area contributed by atoms with Crippen molar-refractivity contribution in [3.8, 4) is 0 Å². The van der Waals surface area contributed by atoms with Gasteiger partial charge in [-0.15, -0.1) is 0 Å². The number of hydrogen-bond acceptors (Lipinski definition) is 4. The van der Waals surface area contributed by atoms with E-state index in [1.165, 1.54) is 12.8 Å². The van der Waals surface area contributed by atoms with Crippen LogP contribution in [0, 0.1) is 0 Å². The first-order chi connectivity index (χ1) is 11.1. The van der Waals surface area contributed by atoms with E-state index in [1.54, 1.807) is 0 Å². The third-order valence-corrected chi connectivity index (χ3v) is 5.49. The number of rotatable bonds is 7. The Morgan fingerprint density at radius 3 is 2.70 bits per heavy atom. The van der Waals surface area contributed by atoms with Crippen LogP contribution in [0.2, 0.25) is 0 Å². The predicted octanol–water partition coefficient (Wildman–Crippen LogP) is 0.536. The number of hydrogen-bond donors (Lipinski definition) is 2. The molecule has 2 saturated heterocycles. The van der Waals surface area contributed by atoms with E-state index < -0.39 is 10.0 Å². The summed E-state index contributed by atoms with van der Waals surface area (Å²) >= 11 is 0. The average Bonchev–Trinajstić information content (AvgIpc) is 3.07. The Labute approximate surface area is 139 Å². The van der Waals surface area contributed by atoms with Crippen LogP contribution in [0.4, 0.5) is 0 Å². The Hall–Kier alpha value is -0.860. The molecule has 8 heteroatoms. The molecule has 0 spiro atoms. The number of likely N-dealkylation sites (tertiary alicyclic amines) is 1. The minimum Gasteiger partial charge on any atom is -0.377 e. The summed E-state index contributed by atoms with van der Waals surface area (Å²) in [5, 5.41) is 3.24. The zero-order valence-corrected chi connectivity index (χ0v) is 14.9. The second kappa shape index (κ2) is 9.44. The standard InChI is InChI=1S/C15H30N4O3S/c1-2-16-15(19-9-4-5-10-19)17-8-12-23(20,21)18-13-14-7-3-6-11-22-14/h14,18H,2-13H2,1H3,(H,16,17). The Kier molecular flexibility index (Phi) is 7.58. The minimum atomic E-state index is -3.30. The van der Waals surface area contributed by atoms with E-state index in [0.717, 1.165) is 51.5 Å². The van der Waals surface area contributed by atoms with E-state index >= 15 is 0 Å². The normalized spacial score (nSPS) is 23.3. The fourth-order valence-electron chi connectivity index (χ4n) is 2.89. The highest BCUT2D eigenvalue weighted by Crippen LogP contribution is 2.12. The molecule has 0 aromatic carbocycles. The maximum Gasteiger partial charge on any atom is 0.213 e. The molecule has 7 nitrogen and oxygen atoms in total. The Bertz CT molecular complexity index is 469. The highest BCUT2D eigenvalue weighted by molar-refractivity contribution is 7.89. The molecule has 2 N–H and O–H groups in total. The SMILES string of the molecule is CCNC(=NCCS(=O)(=O)NCC1CCCCO1)N1CCCC1. The molecule has 0 saturated carbocycles. The quantitative estimate of drug-likeness (QED) is 0.519. The highest BCUT2D eigenvalue weighted by atomic mass is 32.2. The van der Waals surface area contributed by atoms with Crippen molar-refractivity contribution in [2.75, 3.05) is 45.1 Å². The van der Waals surface area contributed by atoms with Crippen molar-refractivity contribution in [1.29, 1.82) is 0 Å². The Morgan fingerprint density at radius 2 is 2.04 bits per heavy atom. The number of guanidine groups is 1. The first kappa shape index (κ1) is 18.5. The zero-order valence-electron chi connectivity index (χ0n) is 14.1. The molecule has 0 radical (unpaired) electrons. The van der Waals surface area contributed by atoms with Gasteiger partial charge in [-0.1, -0.05) is 0 Å². The van der Waals surface area contributed by atoms with Gasteiger partial charge in [0.25, 0.3) is 0 Å². The molecule has 0 aliphatic carbocycles. The van der Waals surface area contributed by atoms with Gasteiger partial charge < -0.3 is 15.0 Å². The van der Waals surface area contributed by atoms with Crippen LogP contribution in [0.3, 0.4) is 0 Å². The fraction of sp³-hybridized carbons (Fsp3) is 0.933. The summed E-state index contributed by atoms with van der Waals surface area (Å²) in [5.74, 6) is 0.846. The molecule has 23 heavy (non-hydrogen) atoms. The first-order valence-corrected chi connectivity index (χ1v) is 10.4. The molecule has 2 aliphatic heterocycles. The van der Waals surface area contributed by atoms with Crippen molar-refractivity contribution < 1.29 is 13.2 Å². The summed E-state index contributed by atoms with van der Waals surface area (Å²) in [7, 11) is -3.30. The summed E-state index contributed by atoms with van der Waals surface area (Å²) in [5.41, 5.74) is 0. The molecular weight excluding hydrogens is 316 g/mol. The number of nitrogens with one attached hydrogen (secondary N) is 2. The van der Waals surface area contributed by atoms with Gasteiger partial charge in [-0.2, -0.15) is 0 Å². The van der Waals surface area contributed by atoms with Gasteiger partial charge in [-0.3, -0.25) is 4.99 Å². The van der Waals surface area contributed by atoms with Crippen molar-refractivity contribution in [3.05, 3.63) is 0 Å². The van der Waals surface area contributed by atoms with Crippen LogP contribution in [-0.4, -0.2) is 70.5 Å². The van der Waals surface area contributed by atoms with E-state index in [9.17, 15) is 8.42 Å². The van der Waals surface area contributed by atoms with Crippen LogP contribution < -0.4 is 10.0 Å². The molecule has 0 aromatic heterocycles. The lowest BCUT2D eigenvalue weighted by atomic mass is 10.1. The number of ether oxygens (including phenoxy) is 1. The molecule has 0 aromatic rings. The molecule has 1 unspecified atom stereocenters. The number of sulfonamides is 1. The predicted molar refractivity (Wildman–Crippen MR) is 92.2 cm³/mol. The van der Waals surface area contributed by atoms with E-state index in [-0.39, 0.29) is 18.4 Å². The monoisotopic (exact) mass is 346 g/mol. The van der Waals surface area contributed by atoms with Crippen molar-refractivity contribution in [3.63, 3.8) is 0 Å². The van der Waals surface area contributed by atoms with Gasteiger partial charge in [-0.05, 0) is 39.0 Å². The van der Waals surface area contributed by atoms with Crippen molar-refractivity contribution in [2.45, 2.75) is 45.1 Å². The van der Waals surface area contributed by atoms with Crippen LogP contribution in [0.1, 0.15) is 39.0 Å². The van der Waals surface area contributed by atoms with E-state index in [2.05, 4.69) is 19.9 Å². The topological polar surface area (TPSA) is 83.0 Å². The third kappa shape index (κ3) is 6.64. The second-order valence-electron chi connectivity index (χ2n) is 6.09. The molecular formula is C15H30N4O3S. The lowest BCUT2D eigenvalue weighted by Gasteiger charge is -2.22. The van der Waals surface area contributed by atoms with Gasteiger partial charge in [0, 0.05) is 32.8 Å². The van der Waals surface area contributed by atoms with Gasteiger partial charge in [0.15, 0.2) is 5.96 Å². The van der Waals surface area contributed by atoms with E-state index in [4.69, 9.17) is 4.74 Å². The van der Waals surface area contributed by atoms with Gasteiger partial charge in [0.1, 0.15) is 0 Å². The largest absolute Gasteiger partial charge is 0.377 e. The summed E-state index contributed by atoms with van der Waals surface area (Å²) in [6.07, 6.45) is 5.47. The second-order valence-corrected chi connectivity index (χ2v) is 8.01. The number of aliphatic imine (C=N–C) groups is 1. The zero-order chi connectivity index (χ0) is 16.5. The van der Waals surface area contributed by atoms with Gasteiger partial charge in [0.05, 0.1) is 18.4 Å². The molecule has 0 bridgehead atoms. The summed E-state index contributed by atoms with van der Waals surface area (Å²) in [6.45, 7) is 6.19. The Morgan fingerprint density at radius 1 is 1.26 bits per heavy atom. The van der Waals surface area contributed by atoms with Gasteiger partial charge in [0.2, 0.25) is 10.0 Å². The fourth-order valence-corrected chi connectivity index (χ4v) is 3.80. The first-order valence-electron chi connectivity index (χ1n) is 8.73. The molecule has 2 heterocycles. The van der Waals surface area contributed by atoms with Crippen LogP contribution >= 0.6 is 0 Å². The maximum atomic E-state index is 12.1. The minimum absolute atomic E-state index is 0.0163. The molecule has 1 atom stereocenters. The van der Waals surface area contributed by atoms with Gasteiger partial charge >= 0.3 is 0 Å². The summed E-state index contributed by atoms with van der Waals surface area (Å²) in [6, 6.07) is 0. The highest BCUT2D eigenvalue weighted by Gasteiger charge is 2.18. The van der Waals surface area contributed by atoms with Crippen molar-refractivity contribution in [2.24, 2.45) is 4.99 Å². The lowest BCUT2D eigenvalue weighted by Crippen LogP contribution is -2.40. The molecule has 0 amide bonds. The van der Waals surface area contributed by atoms with Crippen LogP contribution in [-0.2, 0) is 14.8 Å². The Balaban J connectivity index is 1.76. The average molecular weight is 346 g/mol. The summed E-state index contributed by atoms with van der Waals surface area (Å²) in [4.78, 5) is 6.65. The lowest BCUT2D eigenvalue weighted by molar-refractivity contribution is 0.0200. The van der Waals surface area contributed by atoms with E-state index in [1.807, 2.05) is 6.92 Å². The summed E-state index contributed by atoms with van der Waals surface area (Å²) < 4.78 is 32.3. The van der Waals surface area contributed by atoms with E-state index in [0.29, 0.717) is 6.54 Å². The van der Waals surface area contributed by atoms with Crippen molar-refractivity contribution >= 4 is 16.0 Å². The van der Waals surface area contributed by atoms with Crippen LogP contribution in [0.15, 0.2) is 4.99 Å². The van der Waals surface area contributed by atoms with Crippen LogP contribution in [0.25, 0.3) is 0 Å². The smallest absolute Gasteiger partial charge is 0.213 e.